The number of nitrogens with zero attached hydrogens (tertiary/aromatic N) is 2. The normalized spacial score (nSPS) is 10.6. The fourth-order valence-electron chi connectivity index (χ4n) is 2.15. The Balaban J connectivity index is 1.89. The number of nitrogens with two attached hydrogens (primary N) is 1. The van der Waals surface area contributed by atoms with Gasteiger partial charge in [-0.05, 0) is 24.3 Å². The number of fused-ring (bicyclic) bond motifs is 1. The Labute approximate surface area is 125 Å². The number of anilines is 2. The minimum atomic E-state index is -1.12. The summed E-state index contributed by atoms with van der Waals surface area (Å²) in [5.41, 5.74) is 7.85. The van der Waals surface area contributed by atoms with Gasteiger partial charge in [0, 0.05) is 24.9 Å². The molecule has 0 unspecified atom stereocenters. The summed E-state index contributed by atoms with van der Waals surface area (Å²) in [5.74, 6) is 1.57. The molecule has 7 nitrogen and oxygen atoms in total. The Morgan fingerprint density at radius 3 is 2.82 bits per heavy atom. The van der Waals surface area contributed by atoms with E-state index in [0.717, 1.165) is 11.0 Å². The number of aromatic nitrogens is 2. The number of imidazole rings is 1. The first-order valence-electron chi connectivity index (χ1n) is 6.53. The Hall–Kier alpha value is -3.22. The third kappa shape index (κ3) is 2.64. The molecule has 7 heteroatoms. The molecule has 0 saturated carbocycles. The number of carbonyl (C=O) groups is 1. The second-order valence-corrected chi connectivity index (χ2v) is 4.74. The fraction of sp³-hybridized carbons (Fsp3) is 0.0667. The highest BCUT2D eigenvalue weighted by molar-refractivity contribution is 5.83. The first kappa shape index (κ1) is 13.7. The first-order chi connectivity index (χ1) is 10.5. The molecule has 0 aliphatic rings. The standard InChI is InChI=1S/C15H14N4O3/c1-19-13-8-11(5-6-12(13)18-14(19)16)22-10-4-2-3-9(7-10)17-15(20)21/h2-8,17H,1H3,(H2,16,18)(H,20,21). The van der Waals surface area contributed by atoms with Gasteiger partial charge in [0.25, 0.3) is 0 Å². The third-order valence-corrected chi connectivity index (χ3v) is 3.21. The molecule has 112 valence electrons. The fourth-order valence-corrected chi connectivity index (χ4v) is 2.15. The van der Waals surface area contributed by atoms with Gasteiger partial charge in [0.2, 0.25) is 5.95 Å². The van der Waals surface area contributed by atoms with Crippen molar-refractivity contribution in [1.29, 1.82) is 0 Å². The van der Waals surface area contributed by atoms with Crippen LogP contribution < -0.4 is 15.8 Å². The summed E-state index contributed by atoms with van der Waals surface area (Å²) in [5, 5.41) is 11.0. The predicted octanol–water partition coefficient (Wildman–Crippen LogP) is 3.04. The van der Waals surface area contributed by atoms with E-state index in [2.05, 4.69) is 10.3 Å². The maximum atomic E-state index is 10.7. The van der Waals surface area contributed by atoms with Crippen LogP contribution in [0.2, 0.25) is 0 Å². The summed E-state index contributed by atoms with van der Waals surface area (Å²) in [6, 6.07) is 12.1. The van der Waals surface area contributed by atoms with E-state index in [1.54, 1.807) is 34.9 Å². The highest BCUT2D eigenvalue weighted by Crippen LogP contribution is 2.27. The molecule has 0 bridgehead atoms. The second-order valence-electron chi connectivity index (χ2n) is 4.74. The Kier molecular flexibility index (Phi) is 3.30. The molecule has 0 fully saturated rings. The lowest BCUT2D eigenvalue weighted by Crippen LogP contribution is -2.06. The van der Waals surface area contributed by atoms with Crippen molar-refractivity contribution in [3.05, 3.63) is 42.5 Å². The van der Waals surface area contributed by atoms with Gasteiger partial charge in [-0.2, -0.15) is 0 Å². The Morgan fingerprint density at radius 2 is 2.05 bits per heavy atom. The number of carboxylic acid groups (broad SMARTS) is 1. The molecule has 4 N–H and O–H groups in total. The quantitative estimate of drug-likeness (QED) is 0.689. The topological polar surface area (TPSA) is 102 Å². The van der Waals surface area contributed by atoms with Crippen LogP contribution in [-0.2, 0) is 7.05 Å². The number of nitrogen functional groups attached to an aromatic ring is 1. The number of aryl methyl sites for hydroxylation is 1. The average molecular weight is 298 g/mol. The lowest BCUT2D eigenvalue weighted by molar-refractivity contribution is 0.210. The molecule has 22 heavy (non-hydrogen) atoms. The smallest absolute Gasteiger partial charge is 0.409 e. The van der Waals surface area contributed by atoms with E-state index >= 15 is 0 Å². The molecule has 0 radical (unpaired) electrons. The number of amides is 1. The number of hydrogen-bond donors (Lipinski definition) is 3. The van der Waals surface area contributed by atoms with Crippen molar-refractivity contribution >= 4 is 28.8 Å². The monoisotopic (exact) mass is 298 g/mol. The zero-order valence-electron chi connectivity index (χ0n) is 11.8. The number of nitrogens with one attached hydrogen (secondary N) is 1. The van der Waals surface area contributed by atoms with E-state index < -0.39 is 6.09 Å². The van der Waals surface area contributed by atoms with Gasteiger partial charge in [-0.25, -0.2) is 9.78 Å². The zero-order chi connectivity index (χ0) is 15.7. The maximum Gasteiger partial charge on any atom is 0.409 e. The molecule has 1 heterocycles. The van der Waals surface area contributed by atoms with Gasteiger partial charge in [-0.1, -0.05) is 6.07 Å². The van der Waals surface area contributed by atoms with Gasteiger partial charge in [0.1, 0.15) is 11.5 Å². The molecule has 3 rings (SSSR count). The van der Waals surface area contributed by atoms with E-state index in [9.17, 15) is 4.79 Å². The number of ether oxygens (including phenoxy) is 1. The molecule has 1 aromatic heterocycles. The molecule has 3 aromatic rings. The molecule has 0 spiro atoms. The van der Waals surface area contributed by atoms with E-state index in [1.165, 1.54) is 0 Å². The lowest BCUT2D eigenvalue weighted by Gasteiger charge is -2.08. The number of benzene rings is 2. The van der Waals surface area contributed by atoms with Crippen LogP contribution >= 0.6 is 0 Å². The Bertz CT molecular complexity index is 857. The number of rotatable bonds is 3. The van der Waals surface area contributed by atoms with E-state index in [0.29, 0.717) is 23.1 Å². The summed E-state index contributed by atoms with van der Waals surface area (Å²) < 4.78 is 7.53. The van der Waals surface area contributed by atoms with Crippen molar-refractivity contribution in [3.63, 3.8) is 0 Å². The van der Waals surface area contributed by atoms with Crippen LogP contribution in [0.1, 0.15) is 0 Å². The molecular formula is C15H14N4O3. The highest BCUT2D eigenvalue weighted by atomic mass is 16.5. The predicted molar refractivity (Wildman–Crippen MR) is 83.3 cm³/mol. The maximum absolute atomic E-state index is 10.7. The van der Waals surface area contributed by atoms with E-state index in [4.69, 9.17) is 15.6 Å². The molecule has 0 aliphatic carbocycles. The Morgan fingerprint density at radius 1 is 1.27 bits per heavy atom. The average Bonchev–Trinajstić information content (AvgIpc) is 2.74. The molecule has 2 aromatic carbocycles. The summed E-state index contributed by atoms with van der Waals surface area (Å²) >= 11 is 0. The highest BCUT2D eigenvalue weighted by Gasteiger charge is 2.07. The van der Waals surface area contributed by atoms with Crippen LogP contribution in [-0.4, -0.2) is 20.8 Å². The minimum Gasteiger partial charge on any atom is -0.465 e. The van der Waals surface area contributed by atoms with Gasteiger partial charge in [0.05, 0.1) is 11.0 Å². The van der Waals surface area contributed by atoms with Crippen LogP contribution in [0.15, 0.2) is 42.5 Å². The van der Waals surface area contributed by atoms with Crippen molar-refractivity contribution in [2.75, 3.05) is 11.1 Å². The molecule has 0 aliphatic heterocycles. The molecule has 0 atom stereocenters. The van der Waals surface area contributed by atoms with Crippen molar-refractivity contribution in [3.8, 4) is 11.5 Å². The summed E-state index contributed by atoms with van der Waals surface area (Å²) in [4.78, 5) is 14.9. The van der Waals surface area contributed by atoms with Gasteiger partial charge in [-0.15, -0.1) is 0 Å². The van der Waals surface area contributed by atoms with Crippen molar-refractivity contribution in [2.45, 2.75) is 0 Å². The lowest BCUT2D eigenvalue weighted by atomic mass is 10.3. The van der Waals surface area contributed by atoms with Crippen LogP contribution in [0.4, 0.5) is 16.4 Å². The molecular weight excluding hydrogens is 284 g/mol. The summed E-state index contributed by atoms with van der Waals surface area (Å²) in [6.45, 7) is 0. The summed E-state index contributed by atoms with van der Waals surface area (Å²) in [7, 11) is 1.83. The van der Waals surface area contributed by atoms with Gasteiger partial charge in [0.15, 0.2) is 0 Å². The van der Waals surface area contributed by atoms with Crippen LogP contribution in [0.5, 0.6) is 11.5 Å². The second kappa shape index (κ2) is 5.28. The first-order valence-corrected chi connectivity index (χ1v) is 6.53. The van der Waals surface area contributed by atoms with Crippen LogP contribution in [0.25, 0.3) is 11.0 Å². The van der Waals surface area contributed by atoms with Crippen LogP contribution in [0.3, 0.4) is 0 Å². The number of hydrogen-bond acceptors (Lipinski definition) is 4. The van der Waals surface area contributed by atoms with E-state index in [-0.39, 0.29) is 0 Å². The molecule has 1 amide bonds. The summed E-state index contributed by atoms with van der Waals surface area (Å²) in [6.07, 6.45) is -1.12. The largest absolute Gasteiger partial charge is 0.465 e. The van der Waals surface area contributed by atoms with Gasteiger partial charge in [-0.3, -0.25) is 5.32 Å². The van der Waals surface area contributed by atoms with Gasteiger partial charge >= 0.3 is 6.09 Å². The zero-order valence-corrected chi connectivity index (χ0v) is 11.8. The van der Waals surface area contributed by atoms with Crippen molar-refractivity contribution in [2.24, 2.45) is 7.05 Å². The minimum absolute atomic E-state index is 0.430. The van der Waals surface area contributed by atoms with Crippen LogP contribution in [0, 0.1) is 0 Å². The SMILES string of the molecule is Cn1c(N)nc2ccc(Oc3cccc(NC(=O)O)c3)cc21. The van der Waals surface area contributed by atoms with Crippen molar-refractivity contribution in [1.82, 2.24) is 9.55 Å². The van der Waals surface area contributed by atoms with Gasteiger partial charge < -0.3 is 20.1 Å². The molecule has 0 saturated heterocycles. The van der Waals surface area contributed by atoms with Crippen molar-refractivity contribution < 1.29 is 14.6 Å². The third-order valence-electron chi connectivity index (χ3n) is 3.21. The van der Waals surface area contributed by atoms with E-state index in [1.807, 2.05) is 19.2 Å².